The molecule has 0 spiro atoms. The Morgan fingerprint density at radius 3 is 2.77 bits per heavy atom. The first-order valence-corrected chi connectivity index (χ1v) is 4.76. The Labute approximate surface area is 77.5 Å². The van der Waals surface area contributed by atoms with Crippen molar-refractivity contribution in [1.29, 1.82) is 0 Å². The van der Waals surface area contributed by atoms with Crippen LogP contribution in [-0.4, -0.2) is 25.7 Å². The van der Waals surface area contributed by atoms with Crippen molar-refractivity contribution in [1.82, 2.24) is 20.2 Å². The van der Waals surface area contributed by atoms with Crippen molar-refractivity contribution in [3.63, 3.8) is 0 Å². The Bertz CT molecular complexity index is 288. The van der Waals surface area contributed by atoms with Crippen molar-refractivity contribution in [3.05, 3.63) is 0 Å². The van der Waals surface area contributed by atoms with E-state index < -0.39 is 0 Å². The van der Waals surface area contributed by atoms with Crippen LogP contribution in [0.4, 0.5) is 5.95 Å². The van der Waals surface area contributed by atoms with E-state index in [1.807, 2.05) is 7.05 Å². The van der Waals surface area contributed by atoms with Crippen LogP contribution in [0.1, 0.15) is 32.6 Å². The highest BCUT2D eigenvalue weighted by Gasteiger charge is 2.42. The highest BCUT2D eigenvalue weighted by molar-refractivity contribution is 5.31. The largest absolute Gasteiger partial charge is 0.348 e. The van der Waals surface area contributed by atoms with Crippen LogP contribution in [-0.2, 0) is 7.05 Å². The van der Waals surface area contributed by atoms with Crippen molar-refractivity contribution in [2.75, 3.05) is 5.32 Å². The van der Waals surface area contributed by atoms with E-state index in [0.29, 0.717) is 5.54 Å². The quantitative estimate of drug-likeness (QED) is 0.751. The molecule has 13 heavy (non-hydrogen) atoms. The average molecular weight is 181 g/mol. The molecule has 1 N–H and O–H groups in total. The molecule has 0 saturated heterocycles. The summed E-state index contributed by atoms with van der Waals surface area (Å²) in [6, 6.07) is 0. The van der Waals surface area contributed by atoms with Gasteiger partial charge in [-0.1, -0.05) is 18.4 Å². The minimum Gasteiger partial charge on any atom is -0.348 e. The van der Waals surface area contributed by atoms with Gasteiger partial charge >= 0.3 is 0 Å². The topological polar surface area (TPSA) is 55.6 Å². The first-order chi connectivity index (χ1) is 6.26. The number of hydrogen-bond donors (Lipinski definition) is 1. The molecule has 0 amide bonds. The second-order valence-corrected chi connectivity index (χ2v) is 3.78. The summed E-state index contributed by atoms with van der Waals surface area (Å²) in [5.41, 5.74) is 0.303. The molecule has 0 radical (unpaired) electrons. The first kappa shape index (κ1) is 8.47. The van der Waals surface area contributed by atoms with Crippen LogP contribution in [0.15, 0.2) is 0 Å². The molecule has 2 rings (SSSR count). The maximum atomic E-state index is 3.91. The fourth-order valence-corrected chi connectivity index (χ4v) is 1.64. The molecule has 0 aromatic carbocycles. The van der Waals surface area contributed by atoms with Crippen LogP contribution in [0.3, 0.4) is 0 Å². The van der Waals surface area contributed by atoms with E-state index in [2.05, 4.69) is 27.8 Å². The zero-order valence-electron chi connectivity index (χ0n) is 8.12. The van der Waals surface area contributed by atoms with Gasteiger partial charge in [0.1, 0.15) is 0 Å². The summed E-state index contributed by atoms with van der Waals surface area (Å²) in [6.45, 7) is 2.21. The molecule has 5 heteroatoms. The van der Waals surface area contributed by atoms with Crippen molar-refractivity contribution in [2.24, 2.45) is 7.05 Å². The van der Waals surface area contributed by atoms with E-state index in [4.69, 9.17) is 0 Å². The lowest BCUT2D eigenvalue weighted by atomic mass is 10.1. The number of rotatable bonds is 4. The van der Waals surface area contributed by atoms with Gasteiger partial charge in [-0.3, -0.25) is 0 Å². The Kier molecular flexibility index (Phi) is 1.94. The molecular weight excluding hydrogens is 166 g/mol. The smallest absolute Gasteiger partial charge is 0.243 e. The van der Waals surface area contributed by atoms with Crippen LogP contribution in [0.25, 0.3) is 0 Å². The highest BCUT2D eigenvalue weighted by Crippen LogP contribution is 2.42. The summed E-state index contributed by atoms with van der Waals surface area (Å²) in [6.07, 6.45) is 4.90. The van der Waals surface area contributed by atoms with E-state index in [0.717, 1.165) is 5.95 Å². The Balaban J connectivity index is 2.02. The molecule has 0 atom stereocenters. The minimum atomic E-state index is 0.303. The van der Waals surface area contributed by atoms with Gasteiger partial charge in [0, 0.05) is 12.6 Å². The second-order valence-electron chi connectivity index (χ2n) is 3.78. The summed E-state index contributed by atoms with van der Waals surface area (Å²) in [4.78, 5) is 0. The molecule has 1 aliphatic carbocycles. The summed E-state index contributed by atoms with van der Waals surface area (Å²) < 4.78 is 1.68. The molecule has 1 aromatic heterocycles. The van der Waals surface area contributed by atoms with Gasteiger partial charge in [0.25, 0.3) is 0 Å². The highest BCUT2D eigenvalue weighted by atomic mass is 15.6. The molecule has 72 valence electrons. The van der Waals surface area contributed by atoms with E-state index >= 15 is 0 Å². The van der Waals surface area contributed by atoms with Crippen molar-refractivity contribution in [3.8, 4) is 0 Å². The molecule has 0 aliphatic heterocycles. The Morgan fingerprint density at radius 1 is 1.54 bits per heavy atom. The molecule has 0 bridgehead atoms. The third kappa shape index (κ3) is 1.64. The fourth-order valence-electron chi connectivity index (χ4n) is 1.64. The summed E-state index contributed by atoms with van der Waals surface area (Å²) in [7, 11) is 1.85. The van der Waals surface area contributed by atoms with Crippen molar-refractivity contribution < 1.29 is 0 Å². The number of nitrogens with zero attached hydrogens (tertiary/aromatic N) is 4. The predicted molar refractivity (Wildman–Crippen MR) is 49.3 cm³/mol. The maximum absolute atomic E-state index is 3.91. The predicted octanol–water partition coefficient (Wildman–Crippen LogP) is 0.955. The van der Waals surface area contributed by atoms with E-state index in [-0.39, 0.29) is 0 Å². The zero-order chi connectivity index (χ0) is 9.31. The summed E-state index contributed by atoms with van der Waals surface area (Å²) in [5, 5.41) is 14.7. The van der Waals surface area contributed by atoms with Crippen LogP contribution in [0.5, 0.6) is 0 Å². The lowest BCUT2D eigenvalue weighted by Crippen LogP contribution is -2.23. The van der Waals surface area contributed by atoms with Crippen LogP contribution >= 0.6 is 0 Å². The third-order valence-electron chi connectivity index (χ3n) is 2.58. The monoisotopic (exact) mass is 181 g/mol. The zero-order valence-corrected chi connectivity index (χ0v) is 8.12. The van der Waals surface area contributed by atoms with Gasteiger partial charge in [-0.25, -0.2) is 4.68 Å². The van der Waals surface area contributed by atoms with Gasteiger partial charge in [-0.2, -0.15) is 0 Å². The van der Waals surface area contributed by atoms with E-state index in [9.17, 15) is 0 Å². The minimum absolute atomic E-state index is 0.303. The maximum Gasteiger partial charge on any atom is 0.243 e. The standard InChI is InChI=1S/C8H15N5/c1-3-4-8(5-6-8)9-7-10-11-12-13(7)2/h3-6H2,1-2H3,(H,9,10,12). The summed E-state index contributed by atoms with van der Waals surface area (Å²) in [5.74, 6) is 0.783. The fraction of sp³-hybridized carbons (Fsp3) is 0.875. The normalized spacial score (nSPS) is 18.6. The van der Waals surface area contributed by atoms with Gasteiger partial charge < -0.3 is 5.32 Å². The van der Waals surface area contributed by atoms with Gasteiger partial charge in [-0.05, 0) is 29.7 Å². The number of hydrogen-bond acceptors (Lipinski definition) is 4. The van der Waals surface area contributed by atoms with Crippen molar-refractivity contribution in [2.45, 2.75) is 38.1 Å². The number of aromatic nitrogens is 4. The molecule has 1 aromatic rings. The number of tetrazole rings is 1. The van der Waals surface area contributed by atoms with Gasteiger partial charge in [0.15, 0.2) is 0 Å². The first-order valence-electron chi connectivity index (χ1n) is 4.76. The molecule has 0 unspecified atom stereocenters. The van der Waals surface area contributed by atoms with Gasteiger partial charge in [-0.15, -0.1) is 0 Å². The van der Waals surface area contributed by atoms with E-state index in [1.54, 1.807) is 4.68 Å². The molecule has 1 heterocycles. The number of nitrogens with one attached hydrogen (secondary N) is 1. The second kappa shape index (κ2) is 2.97. The Hall–Kier alpha value is -1.13. The number of aryl methyl sites for hydroxylation is 1. The molecular formula is C8H15N5. The lowest BCUT2D eigenvalue weighted by Gasteiger charge is -2.15. The molecule has 5 nitrogen and oxygen atoms in total. The van der Waals surface area contributed by atoms with Crippen LogP contribution in [0.2, 0.25) is 0 Å². The van der Waals surface area contributed by atoms with E-state index in [1.165, 1.54) is 25.7 Å². The van der Waals surface area contributed by atoms with Gasteiger partial charge in [0.2, 0.25) is 5.95 Å². The summed E-state index contributed by atoms with van der Waals surface area (Å²) >= 11 is 0. The molecule has 1 fully saturated rings. The number of anilines is 1. The SMILES string of the molecule is CCCC1(Nc2nnnn2C)CC1. The van der Waals surface area contributed by atoms with Crippen LogP contribution < -0.4 is 5.32 Å². The average Bonchev–Trinajstić information content (AvgIpc) is 2.73. The van der Waals surface area contributed by atoms with Gasteiger partial charge in [0.05, 0.1) is 0 Å². The Morgan fingerprint density at radius 2 is 2.31 bits per heavy atom. The molecule has 1 saturated carbocycles. The van der Waals surface area contributed by atoms with Crippen molar-refractivity contribution >= 4 is 5.95 Å². The molecule has 1 aliphatic rings. The lowest BCUT2D eigenvalue weighted by molar-refractivity contribution is 0.621. The third-order valence-corrected chi connectivity index (χ3v) is 2.58. The van der Waals surface area contributed by atoms with Crippen LogP contribution in [0, 0.1) is 0 Å².